The fraction of sp³-hybridized carbons (Fsp3) is 0.400. The third-order valence-electron chi connectivity index (χ3n) is 5.36. The number of aromatic nitrogens is 3. The molecule has 2 radical (unpaired) electrons. The monoisotopic (exact) mass is 358 g/mol. The number of anilines is 2. The summed E-state index contributed by atoms with van der Waals surface area (Å²) in [5.41, 5.74) is 6.25. The first-order valence-corrected chi connectivity index (χ1v) is 9.69. The number of nitrogens with zero attached hydrogens (tertiary/aromatic N) is 4. The SMILES string of the molecule is [B]c1cc(NCc2cn3cc(C4CC4)cc(N4CCNCC4)c3n2)ccn1. The zero-order valence-corrected chi connectivity index (χ0v) is 15.4. The van der Waals surface area contributed by atoms with E-state index >= 15 is 0 Å². The van der Waals surface area contributed by atoms with E-state index in [1.54, 1.807) is 6.20 Å². The van der Waals surface area contributed by atoms with Crippen molar-refractivity contribution >= 4 is 30.5 Å². The Kier molecular flexibility index (Phi) is 4.24. The van der Waals surface area contributed by atoms with E-state index in [2.05, 4.69) is 43.4 Å². The highest BCUT2D eigenvalue weighted by atomic mass is 15.2. The molecule has 1 saturated carbocycles. The van der Waals surface area contributed by atoms with Gasteiger partial charge in [0.05, 0.1) is 17.9 Å². The first-order chi connectivity index (χ1) is 13.3. The Morgan fingerprint density at radius 1 is 1.19 bits per heavy atom. The van der Waals surface area contributed by atoms with Gasteiger partial charge < -0.3 is 19.9 Å². The van der Waals surface area contributed by atoms with E-state index in [1.165, 1.54) is 24.1 Å². The summed E-state index contributed by atoms with van der Waals surface area (Å²) in [6.45, 7) is 4.77. The lowest BCUT2D eigenvalue weighted by atomic mass is 10.0. The number of imidazole rings is 1. The maximum atomic E-state index is 5.76. The molecule has 2 N–H and O–H groups in total. The number of pyridine rings is 2. The number of piperazine rings is 1. The van der Waals surface area contributed by atoms with Crippen molar-refractivity contribution in [1.82, 2.24) is 19.7 Å². The summed E-state index contributed by atoms with van der Waals surface area (Å²) in [5.74, 6) is 0.722. The first-order valence-electron chi connectivity index (χ1n) is 9.69. The van der Waals surface area contributed by atoms with Gasteiger partial charge >= 0.3 is 0 Å². The maximum Gasteiger partial charge on any atom is 0.160 e. The maximum absolute atomic E-state index is 5.76. The summed E-state index contributed by atoms with van der Waals surface area (Å²) in [4.78, 5) is 11.4. The second-order valence-electron chi connectivity index (χ2n) is 7.46. The Hall–Kier alpha value is -2.54. The molecule has 1 saturated heterocycles. The van der Waals surface area contributed by atoms with Gasteiger partial charge in [-0.25, -0.2) is 4.98 Å². The molecule has 136 valence electrons. The van der Waals surface area contributed by atoms with Gasteiger partial charge in [-0.1, -0.05) is 0 Å². The average Bonchev–Trinajstić information content (AvgIpc) is 3.46. The molecule has 6 nitrogen and oxygen atoms in total. The largest absolute Gasteiger partial charge is 0.379 e. The molecule has 1 aliphatic heterocycles. The summed E-state index contributed by atoms with van der Waals surface area (Å²) in [6.07, 6.45) is 8.73. The van der Waals surface area contributed by atoms with Crippen LogP contribution in [0.5, 0.6) is 0 Å². The van der Waals surface area contributed by atoms with E-state index < -0.39 is 0 Å². The highest BCUT2D eigenvalue weighted by molar-refractivity contribution is 6.30. The summed E-state index contributed by atoms with van der Waals surface area (Å²) in [6, 6.07) is 6.13. The molecule has 2 fully saturated rings. The van der Waals surface area contributed by atoms with Crippen LogP contribution in [-0.4, -0.2) is 48.4 Å². The Morgan fingerprint density at radius 2 is 2.04 bits per heavy atom. The molecule has 5 rings (SSSR count). The number of nitrogens with one attached hydrogen (secondary N) is 2. The molecule has 0 spiro atoms. The van der Waals surface area contributed by atoms with E-state index in [9.17, 15) is 0 Å². The Morgan fingerprint density at radius 3 is 2.81 bits per heavy atom. The van der Waals surface area contributed by atoms with Crippen LogP contribution in [0, 0.1) is 0 Å². The third-order valence-corrected chi connectivity index (χ3v) is 5.36. The van der Waals surface area contributed by atoms with Gasteiger partial charge in [-0.3, -0.25) is 4.98 Å². The van der Waals surface area contributed by atoms with Crippen LogP contribution in [0.3, 0.4) is 0 Å². The fourth-order valence-corrected chi connectivity index (χ4v) is 3.77. The second kappa shape index (κ2) is 6.89. The lowest BCUT2D eigenvalue weighted by Gasteiger charge is -2.30. The third kappa shape index (κ3) is 3.51. The second-order valence-corrected chi connectivity index (χ2v) is 7.46. The van der Waals surface area contributed by atoms with Crippen molar-refractivity contribution in [1.29, 1.82) is 0 Å². The minimum Gasteiger partial charge on any atom is -0.379 e. The molecule has 0 bridgehead atoms. The zero-order chi connectivity index (χ0) is 18.2. The van der Waals surface area contributed by atoms with Gasteiger partial charge in [0.15, 0.2) is 5.65 Å². The molecule has 2 aliphatic rings. The van der Waals surface area contributed by atoms with Crippen LogP contribution in [0.4, 0.5) is 11.4 Å². The first kappa shape index (κ1) is 16.6. The van der Waals surface area contributed by atoms with Gasteiger partial charge in [-0.15, -0.1) is 0 Å². The van der Waals surface area contributed by atoms with Gasteiger partial charge in [0, 0.05) is 50.5 Å². The van der Waals surface area contributed by atoms with Crippen LogP contribution in [-0.2, 0) is 6.54 Å². The lowest BCUT2D eigenvalue weighted by Crippen LogP contribution is -2.43. The van der Waals surface area contributed by atoms with E-state index in [0.717, 1.165) is 49.1 Å². The van der Waals surface area contributed by atoms with E-state index in [-0.39, 0.29) is 0 Å². The Bertz CT molecular complexity index is 958. The van der Waals surface area contributed by atoms with Crippen molar-refractivity contribution in [2.75, 3.05) is 36.4 Å². The van der Waals surface area contributed by atoms with Crippen LogP contribution in [0.15, 0.2) is 36.8 Å². The van der Waals surface area contributed by atoms with Crippen LogP contribution >= 0.6 is 0 Å². The molecule has 4 heterocycles. The number of hydrogen-bond acceptors (Lipinski definition) is 5. The van der Waals surface area contributed by atoms with Crippen molar-refractivity contribution in [3.05, 3.63) is 48.0 Å². The van der Waals surface area contributed by atoms with Crippen LogP contribution in [0.25, 0.3) is 5.65 Å². The van der Waals surface area contributed by atoms with Crippen LogP contribution in [0.2, 0.25) is 0 Å². The van der Waals surface area contributed by atoms with Gasteiger partial charge in [0.25, 0.3) is 0 Å². The molecule has 27 heavy (non-hydrogen) atoms. The molecule has 0 amide bonds. The standard InChI is InChI=1S/C20H23BN6/c21-19-10-16(3-4-23-19)24-11-17-13-27-12-15(14-1-2-14)9-18(20(27)25-17)26-7-5-22-6-8-26/h3-4,9-10,12-14,22H,1-2,5-8,11H2,(H,23,24). The van der Waals surface area contributed by atoms with Crippen molar-refractivity contribution in [2.24, 2.45) is 0 Å². The molecule has 3 aromatic rings. The van der Waals surface area contributed by atoms with Crippen molar-refractivity contribution in [3.63, 3.8) is 0 Å². The summed E-state index contributed by atoms with van der Waals surface area (Å²) in [5, 5.41) is 6.83. The van der Waals surface area contributed by atoms with E-state index in [4.69, 9.17) is 12.8 Å². The van der Waals surface area contributed by atoms with E-state index in [1.807, 2.05) is 12.1 Å². The molecule has 0 unspecified atom stereocenters. The molecular weight excluding hydrogens is 335 g/mol. The number of rotatable bonds is 5. The topological polar surface area (TPSA) is 57.5 Å². The molecule has 1 aliphatic carbocycles. The average molecular weight is 358 g/mol. The summed E-state index contributed by atoms with van der Waals surface area (Å²) >= 11 is 0. The fourth-order valence-electron chi connectivity index (χ4n) is 3.77. The predicted octanol–water partition coefficient (Wildman–Crippen LogP) is 1.42. The van der Waals surface area contributed by atoms with Crippen LogP contribution < -0.4 is 21.1 Å². The molecule has 0 atom stereocenters. The molecule has 7 heteroatoms. The summed E-state index contributed by atoms with van der Waals surface area (Å²) in [7, 11) is 5.76. The van der Waals surface area contributed by atoms with Crippen LogP contribution in [0.1, 0.15) is 30.0 Å². The summed E-state index contributed by atoms with van der Waals surface area (Å²) < 4.78 is 2.21. The molecule has 3 aromatic heterocycles. The lowest BCUT2D eigenvalue weighted by molar-refractivity contribution is 0.589. The highest BCUT2D eigenvalue weighted by Crippen LogP contribution is 2.41. The predicted molar refractivity (Wildman–Crippen MR) is 109 cm³/mol. The van der Waals surface area contributed by atoms with Gasteiger partial charge in [-0.05, 0) is 48.1 Å². The minimum absolute atomic E-state index is 0.519. The van der Waals surface area contributed by atoms with Gasteiger partial charge in [-0.2, -0.15) is 0 Å². The number of fused-ring (bicyclic) bond motifs is 1. The smallest absolute Gasteiger partial charge is 0.160 e. The van der Waals surface area contributed by atoms with Crippen molar-refractivity contribution < 1.29 is 0 Å². The van der Waals surface area contributed by atoms with Gasteiger partial charge in [0.1, 0.15) is 7.85 Å². The Labute approximate surface area is 160 Å². The zero-order valence-electron chi connectivity index (χ0n) is 15.4. The van der Waals surface area contributed by atoms with E-state index in [0.29, 0.717) is 12.1 Å². The number of hydrogen-bond donors (Lipinski definition) is 2. The molecule has 0 aromatic carbocycles. The minimum atomic E-state index is 0.519. The van der Waals surface area contributed by atoms with Gasteiger partial charge in [0.2, 0.25) is 0 Å². The van der Waals surface area contributed by atoms with Crippen molar-refractivity contribution in [2.45, 2.75) is 25.3 Å². The molecular formula is C20H23BN6. The Balaban J connectivity index is 1.46. The highest BCUT2D eigenvalue weighted by Gasteiger charge is 2.26. The normalized spacial score (nSPS) is 17.4. The quantitative estimate of drug-likeness (QED) is 0.676. The van der Waals surface area contributed by atoms with Crippen molar-refractivity contribution in [3.8, 4) is 0 Å².